The quantitative estimate of drug-likeness (QED) is 0.699. The largest absolute Gasteiger partial charge is 0.489 e. The summed E-state index contributed by atoms with van der Waals surface area (Å²) in [6.07, 6.45) is 0. The van der Waals surface area contributed by atoms with Crippen LogP contribution in [0.15, 0.2) is 40.9 Å². The normalized spacial score (nSPS) is 10.4. The predicted molar refractivity (Wildman–Crippen MR) is 79.7 cm³/mol. The molecule has 0 N–H and O–H groups in total. The van der Waals surface area contributed by atoms with Gasteiger partial charge in [-0.15, -0.1) is 0 Å². The van der Waals surface area contributed by atoms with Crippen LogP contribution in [0.4, 0.5) is 0 Å². The number of aryl methyl sites for hydroxylation is 1. The molecule has 0 aromatic heterocycles. The number of hydrogen-bond acceptors (Lipinski definition) is 1. The molecule has 0 bridgehead atoms. The molecule has 2 aromatic carbocycles. The molecule has 0 saturated heterocycles. The van der Waals surface area contributed by atoms with E-state index in [1.165, 1.54) is 0 Å². The van der Waals surface area contributed by atoms with Gasteiger partial charge in [0, 0.05) is 20.1 Å². The zero-order valence-electron chi connectivity index (χ0n) is 9.71. The Kier molecular flexibility index (Phi) is 4.55. The van der Waals surface area contributed by atoms with Crippen molar-refractivity contribution in [3.05, 3.63) is 62.0 Å². The Morgan fingerprint density at radius 1 is 1.11 bits per heavy atom. The summed E-state index contributed by atoms with van der Waals surface area (Å²) in [5.41, 5.74) is 2.05. The maximum absolute atomic E-state index is 6.08. The van der Waals surface area contributed by atoms with Gasteiger partial charge in [0.15, 0.2) is 0 Å². The molecule has 0 fully saturated rings. The van der Waals surface area contributed by atoms with Crippen molar-refractivity contribution in [1.82, 2.24) is 0 Å². The maximum atomic E-state index is 6.08. The fourth-order valence-electron chi connectivity index (χ4n) is 1.51. The van der Waals surface area contributed by atoms with Gasteiger partial charge in [-0.25, -0.2) is 0 Å². The van der Waals surface area contributed by atoms with Crippen LogP contribution >= 0.6 is 39.1 Å². The molecule has 0 amide bonds. The molecule has 94 valence electrons. The van der Waals surface area contributed by atoms with E-state index >= 15 is 0 Å². The molecular weight excluding hydrogens is 335 g/mol. The van der Waals surface area contributed by atoms with E-state index in [-0.39, 0.29) is 0 Å². The van der Waals surface area contributed by atoms with E-state index in [4.69, 9.17) is 27.9 Å². The molecule has 2 rings (SSSR count). The fourth-order valence-corrected chi connectivity index (χ4v) is 2.22. The standard InChI is InChI=1S/C14H11BrCl2O/c1-9-6-12(4-5-13(9)15)18-8-10-2-3-11(16)7-14(10)17/h2-7H,8H2,1H3. The highest BCUT2D eigenvalue weighted by Crippen LogP contribution is 2.25. The Morgan fingerprint density at radius 2 is 1.89 bits per heavy atom. The van der Waals surface area contributed by atoms with Crippen LogP contribution in [-0.2, 0) is 6.61 Å². The van der Waals surface area contributed by atoms with Gasteiger partial charge >= 0.3 is 0 Å². The molecule has 4 heteroatoms. The maximum Gasteiger partial charge on any atom is 0.120 e. The minimum Gasteiger partial charge on any atom is -0.489 e. The summed E-state index contributed by atoms with van der Waals surface area (Å²) in [6, 6.07) is 11.3. The Morgan fingerprint density at radius 3 is 2.56 bits per heavy atom. The van der Waals surface area contributed by atoms with E-state index in [0.717, 1.165) is 21.3 Å². The van der Waals surface area contributed by atoms with E-state index < -0.39 is 0 Å². The van der Waals surface area contributed by atoms with Crippen LogP contribution < -0.4 is 4.74 Å². The Balaban J connectivity index is 2.09. The molecule has 0 radical (unpaired) electrons. The molecule has 0 aliphatic rings. The average molecular weight is 346 g/mol. The predicted octanol–water partition coefficient (Wildman–Crippen LogP) is 5.64. The SMILES string of the molecule is Cc1cc(OCc2ccc(Cl)cc2Cl)ccc1Br. The molecule has 18 heavy (non-hydrogen) atoms. The minimum absolute atomic E-state index is 0.428. The molecule has 0 spiro atoms. The van der Waals surface area contributed by atoms with Crippen molar-refractivity contribution in [3.63, 3.8) is 0 Å². The second-order valence-corrected chi connectivity index (χ2v) is 5.63. The van der Waals surface area contributed by atoms with Gasteiger partial charge in [-0.3, -0.25) is 0 Å². The lowest BCUT2D eigenvalue weighted by atomic mass is 10.2. The van der Waals surface area contributed by atoms with Gasteiger partial charge in [-0.1, -0.05) is 45.2 Å². The number of rotatable bonds is 3. The molecule has 0 aliphatic heterocycles. The zero-order valence-corrected chi connectivity index (χ0v) is 12.8. The first-order valence-corrected chi connectivity index (χ1v) is 6.94. The first-order chi connectivity index (χ1) is 8.56. The summed E-state index contributed by atoms with van der Waals surface area (Å²) >= 11 is 15.4. The number of ether oxygens (including phenoxy) is 1. The molecule has 2 aromatic rings. The van der Waals surface area contributed by atoms with Crippen LogP contribution in [0.1, 0.15) is 11.1 Å². The van der Waals surface area contributed by atoms with Gasteiger partial charge in [0.1, 0.15) is 12.4 Å². The third-order valence-corrected chi connectivity index (χ3v) is 4.02. The summed E-state index contributed by atoms with van der Waals surface area (Å²) in [7, 11) is 0. The van der Waals surface area contributed by atoms with Gasteiger partial charge in [0.2, 0.25) is 0 Å². The molecule has 1 nitrogen and oxygen atoms in total. The van der Waals surface area contributed by atoms with E-state index in [1.54, 1.807) is 12.1 Å². The first kappa shape index (κ1) is 13.7. The van der Waals surface area contributed by atoms with Crippen LogP contribution in [-0.4, -0.2) is 0 Å². The molecule has 0 atom stereocenters. The van der Waals surface area contributed by atoms with E-state index in [2.05, 4.69) is 15.9 Å². The van der Waals surface area contributed by atoms with Crippen LogP contribution in [0.2, 0.25) is 10.0 Å². The smallest absolute Gasteiger partial charge is 0.120 e. The van der Waals surface area contributed by atoms with Crippen molar-refractivity contribution in [2.75, 3.05) is 0 Å². The van der Waals surface area contributed by atoms with Crippen LogP contribution in [0.5, 0.6) is 5.75 Å². The van der Waals surface area contributed by atoms with Crippen LogP contribution in [0.25, 0.3) is 0 Å². The number of benzene rings is 2. The van der Waals surface area contributed by atoms with Crippen LogP contribution in [0, 0.1) is 6.92 Å². The monoisotopic (exact) mass is 344 g/mol. The molecular formula is C14H11BrCl2O. The van der Waals surface area contributed by atoms with E-state index in [9.17, 15) is 0 Å². The van der Waals surface area contributed by atoms with Crippen LogP contribution in [0.3, 0.4) is 0 Å². The van der Waals surface area contributed by atoms with Gasteiger partial charge in [0.25, 0.3) is 0 Å². The van der Waals surface area contributed by atoms with Gasteiger partial charge in [-0.2, -0.15) is 0 Å². The summed E-state index contributed by atoms with van der Waals surface area (Å²) in [6.45, 7) is 2.45. The third-order valence-electron chi connectivity index (χ3n) is 2.54. The average Bonchev–Trinajstić information content (AvgIpc) is 2.32. The van der Waals surface area contributed by atoms with Gasteiger partial charge in [0.05, 0.1) is 0 Å². The second-order valence-electron chi connectivity index (χ2n) is 3.94. The third kappa shape index (κ3) is 3.41. The van der Waals surface area contributed by atoms with Crippen molar-refractivity contribution in [3.8, 4) is 5.75 Å². The summed E-state index contributed by atoms with van der Waals surface area (Å²) in [5.74, 6) is 0.821. The van der Waals surface area contributed by atoms with Crippen molar-refractivity contribution < 1.29 is 4.74 Å². The topological polar surface area (TPSA) is 9.23 Å². The highest BCUT2D eigenvalue weighted by Gasteiger charge is 2.03. The Hall–Kier alpha value is -0.700. The lowest BCUT2D eigenvalue weighted by Crippen LogP contribution is -1.96. The highest BCUT2D eigenvalue weighted by atomic mass is 79.9. The van der Waals surface area contributed by atoms with Crippen molar-refractivity contribution in [2.45, 2.75) is 13.5 Å². The Labute approximate surface area is 125 Å². The lowest BCUT2D eigenvalue weighted by molar-refractivity contribution is 0.306. The fraction of sp³-hybridized carbons (Fsp3) is 0.143. The van der Waals surface area contributed by atoms with Crippen molar-refractivity contribution in [1.29, 1.82) is 0 Å². The molecule has 0 aliphatic carbocycles. The molecule has 0 heterocycles. The summed E-state index contributed by atoms with van der Waals surface area (Å²) < 4.78 is 6.77. The van der Waals surface area contributed by atoms with E-state index in [0.29, 0.717) is 16.7 Å². The first-order valence-electron chi connectivity index (χ1n) is 5.39. The number of halogens is 3. The minimum atomic E-state index is 0.428. The van der Waals surface area contributed by atoms with Gasteiger partial charge in [-0.05, 0) is 42.8 Å². The second kappa shape index (κ2) is 5.96. The van der Waals surface area contributed by atoms with E-state index in [1.807, 2.05) is 31.2 Å². The zero-order chi connectivity index (χ0) is 13.1. The summed E-state index contributed by atoms with van der Waals surface area (Å²) in [5, 5.41) is 1.25. The molecule has 0 unspecified atom stereocenters. The summed E-state index contributed by atoms with van der Waals surface area (Å²) in [4.78, 5) is 0. The molecule has 0 saturated carbocycles. The Bertz CT molecular complexity index is 570. The number of hydrogen-bond donors (Lipinski definition) is 0. The van der Waals surface area contributed by atoms with Crippen molar-refractivity contribution in [2.24, 2.45) is 0 Å². The van der Waals surface area contributed by atoms with Gasteiger partial charge < -0.3 is 4.74 Å². The highest BCUT2D eigenvalue weighted by molar-refractivity contribution is 9.10. The van der Waals surface area contributed by atoms with Crippen molar-refractivity contribution >= 4 is 39.1 Å². The lowest BCUT2D eigenvalue weighted by Gasteiger charge is -2.09.